The molecule has 272 valence electrons. The number of alkyl halides is 6. The highest BCUT2D eigenvalue weighted by Crippen LogP contribution is 2.30. The molecule has 0 atom stereocenters. The standard InChI is InChI=1S/C26H36F3N9O4.C2HF3O2/c1-17(2)41-14-18-20-21(38(35-18)12-13-40-15-26(27,28)29)22(32-19-6-7-30-16-31-19)34-23(33-20)36-8-10-37(11-9-36)24(39)42-25(3,4)5;3-2(4,5)1(6)7/h6-7,16-17H,8-15H2,1-5H3,(H,30,31,32,33,34);(H,6,7). The van der Waals surface area contributed by atoms with Crippen LogP contribution in [0.4, 0.5) is 48.7 Å². The highest BCUT2D eigenvalue weighted by atomic mass is 19.4. The Bertz CT molecular complexity index is 1540. The van der Waals surface area contributed by atoms with E-state index < -0.39 is 30.5 Å². The van der Waals surface area contributed by atoms with Gasteiger partial charge in [-0.3, -0.25) is 4.68 Å². The zero-order valence-electron chi connectivity index (χ0n) is 27.3. The van der Waals surface area contributed by atoms with Crippen LogP contribution in [-0.2, 0) is 32.2 Å². The fraction of sp³-hybridized carbons (Fsp3) is 0.607. The average molecular weight is 710 g/mol. The van der Waals surface area contributed by atoms with Crippen molar-refractivity contribution in [3.63, 3.8) is 0 Å². The molecule has 49 heavy (non-hydrogen) atoms. The number of anilines is 3. The van der Waals surface area contributed by atoms with Gasteiger partial charge in [-0.1, -0.05) is 0 Å². The van der Waals surface area contributed by atoms with Crippen LogP contribution >= 0.6 is 0 Å². The van der Waals surface area contributed by atoms with E-state index >= 15 is 0 Å². The number of halogens is 6. The van der Waals surface area contributed by atoms with Gasteiger partial charge in [0, 0.05) is 32.4 Å². The molecule has 4 rings (SSSR count). The van der Waals surface area contributed by atoms with Crippen molar-refractivity contribution in [3.8, 4) is 0 Å². The number of aliphatic carboxylic acids is 1. The second-order valence-corrected chi connectivity index (χ2v) is 11.7. The number of fused-ring (bicyclic) bond motifs is 1. The number of piperazine rings is 1. The molecule has 0 radical (unpaired) electrons. The maximum Gasteiger partial charge on any atom is 0.490 e. The summed E-state index contributed by atoms with van der Waals surface area (Å²) in [6.45, 7) is 9.49. The number of carboxylic acid groups (broad SMARTS) is 1. The van der Waals surface area contributed by atoms with Gasteiger partial charge in [-0.05, 0) is 40.7 Å². The predicted octanol–water partition coefficient (Wildman–Crippen LogP) is 4.55. The topological polar surface area (TPSA) is 170 Å². The van der Waals surface area contributed by atoms with E-state index in [1.807, 2.05) is 39.5 Å². The van der Waals surface area contributed by atoms with Gasteiger partial charge < -0.3 is 34.4 Å². The fourth-order valence-corrected chi connectivity index (χ4v) is 4.11. The molecule has 1 aliphatic heterocycles. The summed E-state index contributed by atoms with van der Waals surface area (Å²) in [7, 11) is 0. The van der Waals surface area contributed by atoms with Crippen LogP contribution in [0.25, 0.3) is 11.0 Å². The first-order valence-electron chi connectivity index (χ1n) is 14.8. The summed E-state index contributed by atoms with van der Waals surface area (Å²) in [5.41, 5.74) is 0.831. The van der Waals surface area contributed by atoms with Crippen LogP contribution in [-0.4, -0.2) is 115 Å². The second kappa shape index (κ2) is 16.2. The van der Waals surface area contributed by atoms with Gasteiger partial charge in [0.05, 0.1) is 25.9 Å². The van der Waals surface area contributed by atoms with E-state index in [1.54, 1.807) is 17.2 Å². The molecule has 1 aliphatic rings. The predicted molar refractivity (Wildman–Crippen MR) is 161 cm³/mol. The van der Waals surface area contributed by atoms with Gasteiger partial charge in [0.25, 0.3) is 0 Å². The van der Waals surface area contributed by atoms with Crippen molar-refractivity contribution in [2.24, 2.45) is 0 Å². The number of rotatable bonds is 10. The highest BCUT2D eigenvalue weighted by Gasteiger charge is 2.38. The Morgan fingerprint density at radius 3 is 2.22 bits per heavy atom. The Labute approximate surface area is 276 Å². The third kappa shape index (κ3) is 12.5. The Hall–Kier alpha value is -4.53. The van der Waals surface area contributed by atoms with Crippen molar-refractivity contribution in [1.29, 1.82) is 0 Å². The lowest BCUT2D eigenvalue weighted by Crippen LogP contribution is -2.50. The van der Waals surface area contributed by atoms with E-state index in [0.717, 1.165) is 0 Å². The van der Waals surface area contributed by atoms with E-state index in [4.69, 9.17) is 34.1 Å². The lowest BCUT2D eigenvalue weighted by atomic mass is 10.2. The number of ether oxygens (including phenoxy) is 3. The van der Waals surface area contributed by atoms with Gasteiger partial charge in [0.15, 0.2) is 5.82 Å². The summed E-state index contributed by atoms with van der Waals surface area (Å²) in [6.07, 6.45) is -7.06. The molecule has 0 aliphatic carbocycles. The molecule has 4 heterocycles. The first kappa shape index (κ1) is 38.9. The Morgan fingerprint density at radius 1 is 1.04 bits per heavy atom. The number of hydrogen-bond acceptors (Lipinski definition) is 12. The van der Waals surface area contributed by atoms with Crippen LogP contribution in [0.5, 0.6) is 0 Å². The SMILES string of the molecule is CC(C)OCc1nn(CCOCC(F)(F)F)c2c(Nc3ccncn3)nc(N3CCN(C(=O)OC(C)(C)C)CC3)nc12.O=C(O)C(F)(F)F. The van der Waals surface area contributed by atoms with Crippen molar-refractivity contribution in [3.05, 3.63) is 24.3 Å². The zero-order chi connectivity index (χ0) is 36.6. The smallest absolute Gasteiger partial charge is 0.475 e. The molecule has 1 amide bonds. The normalized spacial score (nSPS) is 14.1. The number of nitrogens with zero attached hydrogens (tertiary/aromatic N) is 8. The molecule has 21 heteroatoms. The largest absolute Gasteiger partial charge is 0.490 e. The number of carbonyl (C=O) groups is 2. The molecule has 3 aromatic heterocycles. The van der Waals surface area contributed by atoms with Crippen molar-refractivity contribution < 1.29 is 55.2 Å². The monoisotopic (exact) mass is 709 g/mol. The number of amides is 1. The van der Waals surface area contributed by atoms with E-state index in [9.17, 15) is 31.1 Å². The lowest BCUT2D eigenvalue weighted by molar-refractivity contribution is -0.192. The van der Waals surface area contributed by atoms with Gasteiger partial charge in [-0.2, -0.15) is 36.4 Å². The first-order chi connectivity index (χ1) is 22.7. The minimum atomic E-state index is -5.08. The molecule has 0 aromatic carbocycles. The molecule has 0 spiro atoms. The quantitative estimate of drug-likeness (QED) is 0.222. The summed E-state index contributed by atoms with van der Waals surface area (Å²) in [6, 6.07) is 1.66. The first-order valence-corrected chi connectivity index (χ1v) is 14.8. The van der Waals surface area contributed by atoms with E-state index in [2.05, 4.69) is 20.4 Å². The number of hydrogen-bond donors (Lipinski definition) is 2. The molecular formula is C28H37F6N9O6. The van der Waals surface area contributed by atoms with Crippen LogP contribution < -0.4 is 10.2 Å². The number of carbonyl (C=O) groups excluding carboxylic acids is 1. The van der Waals surface area contributed by atoms with Crippen molar-refractivity contribution in [1.82, 2.24) is 34.6 Å². The average Bonchev–Trinajstić information content (AvgIpc) is 3.35. The molecule has 3 aromatic rings. The number of aromatic nitrogens is 6. The summed E-state index contributed by atoms with van der Waals surface area (Å²) in [4.78, 5) is 42.8. The summed E-state index contributed by atoms with van der Waals surface area (Å²) < 4.78 is 87.3. The maximum absolute atomic E-state index is 12.6. The summed E-state index contributed by atoms with van der Waals surface area (Å²) >= 11 is 0. The minimum Gasteiger partial charge on any atom is -0.475 e. The fourth-order valence-electron chi connectivity index (χ4n) is 4.11. The molecule has 0 unspecified atom stereocenters. The molecule has 0 saturated carbocycles. The van der Waals surface area contributed by atoms with Crippen molar-refractivity contribution >= 4 is 40.7 Å². The van der Waals surface area contributed by atoms with Gasteiger partial charge in [0.1, 0.15) is 41.1 Å². The summed E-state index contributed by atoms with van der Waals surface area (Å²) in [5, 5.41) is 14.9. The van der Waals surface area contributed by atoms with Crippen LogP contribution in [0.3, 0.4) is 0 Å². The third-order valence-electron chi connectivity index (χ3n) is 6.20. The van der Waals surface area contributed by atoms with Crippen LogP contribution in [0, 0.1) is 0 Å². The van der Waals surface area contributed by atoms with Gasteiger partial charge in [-0.15, -0.1) is 0 Å². The minimum absolute atomic E-state index is 0.0178. The third-order valence-corrected chi connectivity index (χ3v) is 6.20. The van der Waals surface area contributed by atoms with Crippen molar-refractivity contribution in [2.45, 2.75) is 71.8 Å². The maximum atomic E-state index is 12.6. The number of carboxylic acids is 1. The van der Waals surface area contributed by atoms with E-state index in [1.165, 1.54) is 11.0 Å². The van der Waals surface area contributed by atoms with E-state index in [0.29, 0.717) is 60.5 Å². The Kier molecular flexibility index (Phi) is 12.9. The summed E-state index contributed by atoms with van der Waals surface area (Å²) in [5.74, 6) is -1.57. The molecule has 1 saturated heterocycles. The van der Waals surface area contributed by atoms with Gasteiger partial charge in [-0.25, -0.2) is 24.5 Å². The zero-order valence-corrected chi connectivity index (χ0v) is 27.3. The molecule has 2 N–H and O–H groups in total. The molecule has 15 nitrogen and oxygen atoms in total. The Balaban J connectivity index is 0.000000838. The van der Waals surface area contributed by atoms with Crippen LogP contribution in [0.2, 0.25) is 0 Å². The van der Waals surface area contributed by atoms with E-state index in [-0.39, 0.29) is 32.0 Å². The van der Waals surface area contributed by atoms with Crippen LogP contribution in [0.1, 0.15) is 40.3 Å². The van der Waals surface area contributed by atoms with Crippen LogP contribution in [0.15, 0.2) is 18.6 Å². The highest BCUT2D eigenvalue weighted by molar-refractivity contribution is 5.90. The van der Waals surface area contributed by atoms with Gasteiger partial charge >= 0.3 is 24.4 Å². The van der Waals surface area contributed by atoms with Gasteiger partial charge in [0.2, 0.25) is 5.95 Å². The molecular weight excluding hydrogens is 672 g/mol. The second-order valence-electron chi connectivity index (χ2n) is 11.7. The number of nitrogens with one attached hydrogen (secondary N) is 1. The lowest BCUT2D eigenvalue weighted by Gasteiger charge is -2.35. The van der Waals surface area contributed by atoms with Crippen molar-refractivity contribution in [2.75, 3.05) is 49.6 Å². The molecule has 0 bridgehead atoms. The Morgan fingerprint density at radius 2 is 1.69 bits per heavy atom. The molecule has 1 fully saturated rings.